The first-order chi connectivity index (χ1) is 18.0. The molecule has 38 heavy (non-hydrogen) atoms. The minimum absolute atomic E-state index is 0.202. The molecule has 0 spiro atoms. The van der Waals surface area contributed by atoms with Crippen LogP contribution in [0.5, 0.6) is 5.75 Å². The molecule has 0 bridgehead atoms. The monoisotopic (exact) mass is 544 g/mol. The van der Waals surface area contributed by atoms with Gasteiger partial charge in [0.15, 0.2) is 9.84 Å². The van der Waals surface area contributed by atoms with Gasteiger partial charge in [-0.05, 0) is 63.4 Å². The van der Waals surface area contributed by atoms with Crippen LogP contribution in [0.1, 0.15) is 43.0 Å². The number of amidine groups is 1. The summed E-state index contributed by atoms with van der Waals surface area (Å²) in [4.78, 5) is 19.7. The summed E-state index contributed by atoms with van der Waals surface area (Å²) in [5, 5.41) is 5.80. The van der Waals surface area contributed by atoms with E-state index >= 15 is 0 Å². The lowest BCUT2D eigenvalue weighted by Crippen LogP contribution is -2.36. The van der Waals surface area contributed by atoms with Crippen LogP contribution in [0.25, 0.3) is 0 Å². The highest BCUT2D eigenvalue weighted by molar-refractivity contribution is 7.91. The maximum Gasteiger partial charge on any atom is 0.249 e. The molecule has 208 valence electrons. The third-order valence-corrected chi connectivity index (χ3v) is 8.32. The summed E-state index contributed by atoms with van der Waals surface area (Å²) in [6, 6.07) is 11.9. The minimum atomic E-state index is -3.53. The standard InChI is InChI=1S/C28H40N4O5S/c1-19(2)32-13-11-30-27(32)24-9-7-23(8-10-24)17-31-28(33)22(5)37-14-12-29-18-38(34,35)26-20(3)15-25(36-6)16-21(26)4/h7-10,15-16,19,22,29H,11-14,17-18H2,1-6H3,(H,31,33). The number of aryl methyl sites for hydroxylation is 2. The molecule has 10 heteroatoms. The third kappa shape index (κ3) is 7.55. The number of amides is 1. The number of sulfone groups is 1. The number of benzene rings is 2. The van der Waals surface area contributed by atoms with E-state index < -0.39 is 15.9 Å². The Labute approximate surface area is 226 Å². The maximum atomic E-state index is 12.8. The maximum absolute atomic E-state index is 12.8. The van der Waals surface area contributed by atoms with Gasteiger partial charge < -0.3 is 25.0 Å². The van der Waals surface area contributed by atoms with Crippen molar-refractivity contribution in [1.82, 2.24) is 15.5 Å². The summed E-state index contributed by atoms with van der Waals surface area (Å²) in [7, 11) is -1.98. The number of aliphatic imine (C=N–C) groups is 1. The van der Waals surface area contributed by atoms with Gasteiger partial charge in [0, 0.05) is 31.2 Å². The Morgan fingerprint density at radius 3 is 2.37 bits per heavy atom. The van der Waals surface area contributed by atoms with Crippen molar-refractivity contribution in [2.75, 3.05) is 39.2 Å². The molecular formula is C28H40N4O5S. The molecule has 1 atom stereocenters. The fourth-order valence-corrected chi connectivity index (χ4v) is 6.16. The second-order valence-corrected chi connectivity index (χ2v) is 11.7. The summed E-state index contributed by atoms with van der Waals surface area (Å²) < 4.78 is 36.5. The average molecular weight is 545 g/mol. The zero-order chi connectivity index (χ0) is 27.9. The number of carbonyl (C=O) groups excluding carboxylic acids is 1. The third-order valence-electron chi connectivity index (χ3n) is 6.47. The fraction of sp³-hybridized carbons (Fsp3) is 0.500. The smallest absolute Gasteiger partial charge is 0.249 e. The van der Waals surface area contributed by atoms with Crippen LogP contribution in [0.2, 0.25) is 0 Å². The van der Waals surface area contributed by atoms with Gasteiger partial charge in [0.05, 0.1) is 25.2 Å². The van der Waals surface area contributed by atoms with Crippen molar-refractivity contribution >= 4 is 21.6 Å². The highest BCUT2D eigenvalue weighted by Crippen LogP contribution is 2.26. The highest BCUT2D eigenvalue weighted by Gasteiger charge is 2.22. The normalized spacial score (nSPS) is 14.5. The molecule has 9 nitrogen and oxygen atoms in total. The lowest BCUT2D eigenvalue weighted by molar-refractivity contribution is -0.131. The molecule has 0 saturated heterocycles. The Balaban J connectivity index is 1.40. The van der Waals surface area contributed by atoms with Crippen LogP contribution in [-0.2, 0) is 25.9 Å². The second-order valence-electron chi connectivity index (χ2n) is 9.77. The number of methoxy groups -OCH3 is 1. The SMILES string of the molecule is COc1cc(C)c(S(=O)(=O)CNCCOC(C)C(=O)NCc2ccc(C3=NCCN3C(C)C)cc2)c(C)c1. The summed E-state index contributed by atoms with van der Waals surface area (Å²) in [5.74, 6) is 1.20. The van der Waals surface area contributed by atoms with Crippen LogP contribution >= 0.6 is 0 Å². The van der Waals surface area contributed by atoms with Crippen molar-refractivity contribution in [2.24, 2.45) is 4.99 Å². The molecule has 2 N–H and O–H groups in total. The molecule has 0 aromatic heterocycles. The number of nitrogens with one attached hydrogen (secondary N) is 2. The second kappa shape index (κ2) is 13.2. The van der Waals surface area contributed by atoms with E-state index in [1.807, 2.05) is 24.3 Å². The molecule has 2 aromatic rings. The molecule has 1 amide bonds. The van der Waals surface area contributed by atoms with Gasteiger partial charge in [-0.3, -0.25) is 9.79 Å². The van der Waals surface area contributed by atoms with Crippen molar-refractivity contribution < 1.29 is 22.7 Å². The van der Waals surface area contributed by atoms with Gasteiger partial charge in [-0.1, -0.05) is 24.3 Å². The Hall–Kier alpha value is -2.95. The van der Waals surface area contributed by atoms with E-state index in [1.54, 1.807) is 40.0 Å². The Morgan fingerprint density at radius 1 is 1.11 bits per heavy atom. The molecule has 0 aliphatic carbocycles. The molecule has 0 radical (unpaired) electrons. The van der Waals surface area contributed by atoms with Gasteiger partial charge in [-0.25, -0.2) is 8.42 Å². The summed E-state index contributed by atoms with van der Waals surface area (Å²) in [6.45, 7) is 12.2. The van der Waals surface area contributed by atoms with E-state index in [9.17, 15) is 13.2 Å². The van der Waals surface area contributed by atoms with E-state index in [2.05, 4.69) is 34.4 Å². The van der Waals surface area contributed by atoms with Crippen LogP contribution < -0.4 is 15.4 Å². The summed E-state index contributed by atoms with van der Waals surface area (Å²) in [5.41, 5.74) is 3.35. The van der Waals surface area contributed by atoms with E-state index in [4.69, 9.17) is 9.47 Å². The van der Waals surface area contributed by atoms with Crippen LogP contribution in [-0.4, -0.2) is 76.4 Å². The molecule has 1 unspecified atom stereocenters. The Morgan fingerprint density at radius 2 is 1.76 bits per heavy atom. The molecule has 0 saturated carbocycles. The van der Waals surface area contributed by atoms with E-state index in [0.717, 1.165) is 30.1 Å². The number of ether oxygens (including phenoxy) is 2. The number of hydrogen-bond donors (Lipinski definition) is 2. The van der Waals surface area contributed by atoms with Gasteiger partial charge >= 0.3 is 0 Å². The molecule has 3 rings (SSSR count). The molecule has 0 fully saturated rings. The van der Waals surface area contributed by atoms with Crippen molar-refractivity contribution in [3.8, 4) is 5.75 Å². The first kappa shape index (κ1) is 29.6. The highest BCUT2D eigenvalue weighted by atomic mass is 32.2. The molecule has 2 aromatic carbocycles. The van der Waals surface area contributed by atoms with Crippen molar-refractivity contribution in [3.63, 3.8) is 0 Å². The molecule has 1 heterocycles. The molecule has 1 aliphatic rings. The summed E-state index contributed by atoms with van der Waals surface area (Å²) >= 11 is 0. The Bertz CT molecular complexity index is 1220. The van der Waals surface area contributed by atoms with Crippen LogP contribution in [0.15, 0.2) is 46.3 Å². The fourth-order valence-electron chi connectivity index (χ4n) is 4.51. The van der Waals surface area contributed by atoms with Crippen LogP contribution in [0.4, 0.5) is 0 Å². The van der Waals surface area contributed by atoms with Gasteiger partial charge in [-0.2, -0.15) is 0 Å². The first-order valence-electron chi connectivity index (χ1n) is 12.9. The number of nitrogens with zero attached hydrogens (tertiary/aromatic N) is 2. The van der Waals surface area contributed by atoms with E-state index in [1.165, 1.54) is 0 Å². The number of carbonyl (C=O) groups is 1. The topological polar surface area (TPSA) is 109 Å². The van der Waals surface area contributed by atoms with E-state index in [-0.39, 0.29) is 18.4 Å². The zero-order valence-electron chi connectivity index (χ0n) is 23.2. The zero-order valence-corrected chi connectivity index (χ0v) is 24.0. The van der Waals surface area contributed by atoms with Crippen molar-refractivity contribution in [3.05, 3.63) is 58.7 Å². The molecule has 1 aliphatic heterocycles. The van der Waals surface area contributed by atoms with Gasteiger partial charge in [-0.15, -0.1) is 0 Å². The lowest BCUT2D eigenvalue weighted by atomic mass is 10.1. The van der Waals surface area contributed by atoms with Gasteiger partial charge in [0.1, 0.15) is 23.6 Å². The van der Waals surface area contributed by atoms with E-state index in [0.29, 0.717) is 40.9 Å². The molecular weight excluding hydrogens is 504 g/mol. The predicted octanol–water partition coefficient (Wildman–Crippen LogP) is 2.82. The largest absolute Gasteiger partial charge is 0.497 e. The number of rotatable bonds is 13. The lowest BCUT2D eigenvalue weighted by Gasteiger charge is -2.24. The number of hydrogen-bond acceptors (Lipinski definition) is 8. The Kier molecular flexibility index (Phi) is 10.3. The van der Waals surface area contributed by atoms with Gasteiger partial charge in [0.2, 0.25) is 5.91 Å². The summed E-state index contributed by atoms with van der Waals surface area (Å²) in [6.07, 6.45) is -0.661. The van der Waals surface area contributed by atoms with Gasteiger partial charge in [0.25, 0.3) is 0 Å². The van der Waals surface area contributed by atoms with Crippen LogP contribution in [0, 0.1) is 13.8 Å². The predicted molar refractivity (Wildman–Crippen MR) is 149 cm³/mol. The quantitative estimate of drug-likeness (QED) is 0.373. The average Bonchev–Trinajstić information content (AvgIpc) is 3.37. The van der Waals surface area contributed by atoms with Crippen LogP contribution in [0.3, 0.4) is 0 Å². The van der Waals surface area contributed by atoms with Crippen molar-refractivity contribution in [1.29, 1.82) is 0 Å². The first-order valence-corrected chi connectivity index (χ1v) is 14.6. The minimum Gasteiger partial charge on any atom is -0.497 e. The van der Waals surface area contributed by atoms with Crippen molar-refractivity contribution in [2.45, 2.75) is 58.2 Å².